The van der Waals surface area contributed by atoms with Gasteiger partial charge in [0.25, 0.3) is 0 Å². The van der Waals surface area contributed by atoms with Gasteiger partial charge in [-0.05, 0) is 19.3 Å². The lowest BCUT2D eigenvalue weighted by Gasteiger charge is -2.40. The van der Waals surface area contributed by atoms with Crippen LogP contribution in [0, 0.1) is 5.41 Å². The molecule has 0 saturated carbocycles. The van der Waals surface area contributed by atoms with Gasteiger partial charge in [0.15, 0.2) is 6.29 Å². The molecule has 0 unspecified atom stereocenters. The summed E-state index contributed by atoms with van der Waals surface area (Å²) in [5.41, 5.74) is 0.395. The number of carbonyl (C=O) groups is 1. The molecule has 2 rings (SSSR count). The molecule has 50 heavy (non-hydrogen) atoms. The topological polar surface area (TPSA) is 178 Å². The average molecular weight is 718 g/mol. The molecule has 296 valence electrons. The molecule has 1 amide bonds. The van der Waals surface area contributed by atoms with Gasteiger partial charge >= 0.3 is 0 Å². The fourth-order valence-corrected chi connectivity index (χ4v) is 7.03. The smallest absolute Gasteiger partial charge is 0.220 e. The first-order valence-corrected chi connectivity index (χ1v) is 20.3. The number of carbonyl (C=O) groups excluding carboxylic acids is 1. The Morgan fingerprint density at radius 1 is 0.760 bits per heavy atom. The highest BCUT2D eigenvalue weighted by atomic mass is 16.7. The standard InChI is InChI=1S/C39H75NO10/c1-3-4-5-6-7-8-9-10-11-14-17-20-23-31(42)34(44)30(27-49-38-37(47)36(46)35(45)32(26-41)50-38)40-33(43)24-21-18-15-12-13-16-19-22-25-39(2)28-48-29-39/h30-32,34-38,41-42,44-47H,3-29H2,1-2H3,(H,40,43)/t30-,31+,32+,34-,35-,36-,37-,38+/m0/s1. The third-order valence-corrected chi connectivity index (χ3v) is 10.6. The number of hydrogen-bond donors (Lipinski definition) is 7. The van der Waals surface area contributed by atoms with Crippen LogP contribution in [0.25, 0.3) is 0 Å². The molecule has 0 aromatic rings. The van der Waals surface area contributed by atoms with Gasteiger partial charge in [0.1, 0.15) is 30.5 Å². The Balaban J connectivity index is 1.72. The Hall–Kier alpha value is -0.890. The molecule has 2 aliphatic rings. The number of ether oxygens (including phenoxy) is 3. The van der Waals surface area contributed by atoms with E-state index in [1.165, 1.54) is 83.5 Å². The van der Waals surface area contributed by atoms with Gasteiger partial charge in [-0.3, -0.25) is 4.79 Å². The summed E-state index contributed by atoms with van der Waals surface area (Å²) in [5.74, 6) is -0.266. The summed E-state index contributed by atoms with van der Waals surface area (Å²) < 4.78 is 16.4. The van der Waals surface area contributed by atoms with Gasteiger partial charge in [-0.25, -0.2) is 0 Å². The fourth-order valence-electron chi connectivity index (χ4n) is 7.03. The maximum absolute atomic E-state index is 12.9. The number of amides is 1. The Bertz CT molecular complexity index is 844. The minimum Gasteiger partial charge on any atom is -0.394 e. The van der Waals surface area contributed by atoms with E-state index in [0.29, 0.717) is 18.3 Å². The SMILES string of the molecule is CCCCCCCCCCCCCC[C@@H](O)[C@@H](O)[C@H](CO[C@@H]1O[C@H](CO)[C@H](O)[C@H](O)[C@@H]1O)NC(=O)CCCCCCCCCCC1(C)COC1. The molecular formula is C39H75NO10. The summed E-state index contributed by atoms with van der Waals surface area (Å²) in [7, 11) is 0. The lowest BCUT2D eigenvalue weighted by Crippen LogP contribution is -2.60. The maximum Gasteiger partial charge on any atom is 0.220 e. The van der Waals surface area contributed by atoms with E-state index in [4.69, 9.17) is 14.2 Å². The van der Waals surface area contributed by atoms with Crippen LogP contribution in [0.3, 0.4) is 0 Å². The first-order chi connectivity index (χ1) is 24.1. The molecule has 0 radical (unpaired) electrons. The number of aliphatic hydroxyl groups is 6. The predicted octanol–water partition coefficient (Wildman–Crippen LogP) is 5.04. The molecule has 0 spiro atoms. The van der Waals surface area contributed by atoms with Crippen molar-refractivity contribution in [3.63, 3.8) is 0 Å². The zero-order chi connectivity index (χ0) is 36.6. The number of hydrogen-bond acceptors (Lipinski definition) is 10. The van der Waals surface area contributed by atoms with Crippen LogP contribution in [-0.2, 0) is 19.0 Å². The molecule has 8 atom stereocenters. The average Bonchev–Trinajstić information content (AvgIpc) is 3.09. The Kier molecular flexibility index (Phi) is 24.3. The van der Waals surface area contributed by atoms with E-state index in [0.717, 1.165) is 58.2 Å². The number of unbranched alkanes of at least 4 members (excludes halogenated alkanes) is 18. The van der Waals surface area contributed by atoms with Crippen molar-refractivity contribution in [1.82, 2.24) is 5.32 Å². The van der Waals surface area contributed by atoms with E-state index in [1.807, 2.05) is 0 Å². The molecule has 11 heteroatoms. The van der Waals surface area contributed by atoms with Crippen molar-refractivity contribution in [2.24, 2.45) is 5.41 Å². The Labute approximate surface area is 302 Å². The molecule has 7 N–H and O–H groups in total. The van der Waals surface area contributed by atoms with Crippen LogP contribution in [0.15, 0.2) is 0 Å². The molecule has 0 bridgehead atoms. The van der Waals surface area contributed by atoms with Crippen molar-refractivity contribution >= 4 is 5.91 Å². The van der Waals surface area contributed by atoms with Gasteiger partial charge in [0.2, 0.25) is 5.91 Å². The van der Waals surface area contributed by atoms with Crippen LogP contribution in [0.1, 0.15) is 162 Å². The summed E-state index contributed by atoms with van der Waals surface area (Å²) in [6, 6.07) is -0.990. The van der Waals surface area contributed by atoms with E-state index >= 15 is 0 Å². The minimum absolute atomic E-state index is 0.266. The van der Waals surface area contributed by atoms with Crippen LogP contribution in [0.2, 0.25) is 0 Å². The second-order valence-electron chi connectivity index (χ2n) is 15.6. The highest BCUT2D eigenvalue weighted by Gasteiger charge is 2.44. The number of aliphatic hydroxyl groups excluding tert-OH is 6. The first kappa shape index (κ1) is 45.3. The van der Waals surface area contributed by atoms with Crippen LogP contribution < -0.4 is 5.32 Å². The zero-order valence-corrected chi connectivity index (χ0v) is 31.5. The highest BCUT2D eigenvalue weighted by molar-refractivity contribution is 5.76. The lowest BCUT2D eigenvalue weighted by atomic mass is 9.83. The molecule has 2 fully saturated rings. The normalized spacial score (nSPS) is 25.2. The second kappa shape index (κ2) is 26.8. The van der Waals surface area contributed by atoms with E-state index < -0.39 is 55.6 Å². The van der Waals surface area contributed by atoms with Crippen molar-refractivity contribution in [2.45, 2.75) is 210 Å². The molecular weight excluding hydrogens is 642 g/mol. The highest BCUT2D eigenvalue weighted by Crippen LogP contribution is 2.32. The van der Waals surface area contributed by atoms with Crippen molar-refractivity contribution in [3.8, 4) is 0 Å². The summed E-state index contributed by atoms with van der Waals surface area (Å²) in [6.07, 6.45) is 15.3. The van der Waals surface area contributed by atoms with E-state index in [1.54, 1.807) is 0 Å². The first-order valence-electron chi connectivity index (χ1n) is 20.3. The second-order valence-corrected chi connectivity index (χ2v) is 15.6. The van der Waals surface area contributed by atoms with Gasteiger partial charge in [0.05, 0.1) is 38.6 Å². The van der Waals surface area contributed by atoms with Crippen LogP contribution in [0.4, 0.5) is 0 Å². The molecule has 0 aromatic heterocycles. The molecule has 2 aliphatic heterocycles. The fraction of sp³-hybridized carbons (Fsp3) is 0.974. The molecule has 0 aliphatic carbocycles. The van der Waals surface area contributed by atoms with Gasteiger partial charge in [-0.15, -0.1) is 0 Å². The number of rotatable bonds is 31. The van der Waals surface area contributed by atoms with Gasteiger partial charge in [-0.1, -0.05) is 136 Å². The molecule has 2 saturated heterocycles. The Morgan fingerprint density at radius 2 is 1.28 bits per heavy atom. The largest absolute Gasteiger partial charge is 0.394 e. The lowest BCUT2D eigenvalue weighted by molar-refractivity contribution is -0.303. The van der Waals surface area contributed by atoms with Crippen molar-refractivity contribution in [3.05, 3.63) is 0 Å². The van der Waals surface area contributed by atoms with E-state index in [9.17, 15) is 35.4 Å². The summed E-state index contributed by atoms with van der Waals surface area (Å²) in [5, 5.41) is 64.9. The maximum atomic E-state index is 12.9. The quantitative estimate of drug-likeness (QED) is 0.0481. The summed E-state index contributed by atoms with van der Waals surface area (Å²) in [4.78, 5) is 12.9. The Morgan fingerprint density at radius 3 is 1.80 bits per heavy atom. The van der Waals surface area contributed by atoms with Crippen LogP contribution in [0.5, 0.6) is 0 Å². The molecule has 11 nitrogen and oxygen atoms in total. The van der Waals surface area contributed by atoms with E-state index in [2.05, 4.69) is 19.2 Å². The minimum atomic E-state index is -1.61. The van der Waals surface area contributed by atoms with Crippen LogP contribution >= 0.6 is 0 Å². The third kappa shape index (κ3) is 18.2. The predicted molar refractivity (Wildman–Crippen MR) is 194 cm³/mol. The molecule has 0 aromatic carbocycles. The van der Waals surface area contributed by atoms with Crippen molar-refractivity contribution < 1.29 is 49.6 Å². The van der Waals surface area contributed by atoms with E-state index in [-0.39, 0.29) is 18.9 Å². The number of nitrogens with one attached hydrogen (secondary N) is 1. The van der Waals surface area contributed by atoms with Gasteiger partial charge in [-0.2, -0.15) is 0 Å². The zero-order valence-electron chi connectivity index (χ0n) is 31.5. The van der Waals surface area contributed by atoms with Gasteiger partial charge in [0, 0.05) is 11.8 Å². The van der Waals surface area contributed by atoms with Crippen molar-refractivity contribution in [1.29, 1.82) is 0 Å². The third-order valence-electron chi connectivity index (χ3n) is 10.6. The molecule has 2 heterocycles. The van der Waals surface area contributed by atoms with Crippen molar-refractivity contribution in [2.75, 3.05) is 26.4 Å². The monoisotopic (exact) mass is 718 g/mol. The van der Waals surface area contributed by atoms with Gasteiger partial charge < -0.3 is 50.2 Å². The van der Waals surface area contributed by atoms with Crippen LogP contribution in [-0.4, -0.2) is 112 Å². The summed E-state index contributed by atoms with van der Waals surface area (Å²) >= 11 is 0. The summed E-state index contributed by atoms with van der Waals surface area (Å²) in [6.45, 7) is 5.42.